The average molecular weight is 352 g/mol. The molecule has 25 heavy (non-hydrogen) atoms. The number of carbonyl (C=O) groups is 1. The lowest BCUT2D eigenvalue weighted by Gasteiger charge is -2.26. The molecule has 0 spiro atoms. The molecule has 142 valence electrons. The highest BCUT2D eigenvalue weighted by Gasteiger charge is 2.21. The Labute approximate surface area is 151 Å². The smallest absolute Gasteiger partial charge is 0.407 e. The lowest BCUT2D eigenvalue weighted by molar-refractivity contribution is 0.0490. The first kappa shape index (κ1) is 21.1. The lowest BCUT2D eigenvalue weighted by Crippen LogP contribution is -2.46. The van der Waals surface area contributed by atoms with Crippen LogP contribution in [-0.4, -0.2) is 38.5 Å². The van der Waals surface area contributed by atoms with E-state index in [0.29, 0.717) is 13.1 Å². The average Bonchev–Trinajstić information content (AvgIpc) is 2.51. The molecule has 6 nitrogen and oxygen atoms in total. The molecule has 0 saturated carbocycles. The van der Waals surface area contributed by atoms with E-state index >= 15 is 0 Å². The Morgan fingerprint density at radius 2 is 1.84 bits per heavy atom. The Bertz CT molecular complexity index is 553. The van der Waals surface area contributed by atoms with Crippen molar-refractivity contribution >= 4 is 6.09 Å². The van der Waals surface area contributed by atoms with Crippen LogP contribution in [0.4, 0.5) is 4.79 Å². The molecule has 0 aliphatic carbocycles. The molecule has 0 saturated heterocycles. The molecule has 1 aromatic rings. The zero-order valence-electron chi connectivity index (χ0n) is 16.4. The molecule has 0 aromatic heterocycles. The van der Waals surface area contributed by atoms with Gasteiger partial charge in [0.1, 0.15) is 17.1 Å². The summed E-state index contributed by atoms with van der Waals surface area (Å²) in [5.74, 6) is 1.85. The molecule has 0 aliphatic heterocycles. The van der Waals surface area contributed by atoms with Crippen LogP contribution in [0.25, 0.3) is 0 Å². The predicted molar refractivity (Wildman–Crippen MR) is 99.2 cm³/mol. The molecule has 1 unspecified atom stereocenters. The second-order valence-corrected chi connectivity index (χ2v) is 7.31. The first-order valence-corrected chi connectivity index (χ1v) is 8.57. The molecular weight excluding hydrogens is 320 g/mol. The van der Waals surface area contributed by atoms with Crippen LogP contribution >= 0.6 is 0 Å². The molecule has 1 aromatic carbocycles. The molecule has 0 heterocycles. The molecule has 1 amide bonds. The molecule has 0 fully saturated rings. The molecule has 0 radical (unpaired) electrons. The molecule has 2 N–H and O–H groups in total. The Hall–Kier alpha value is -1.95. The normalized spacial score (nSPS) is 12.6. The summed E-state index contributed by atoms with van der Waals surface area (Å²) in [4.78, 5) is 12.0. The maximum atomic E-state index is 12.0. The van der Waals surface area contributed by atoms with Crippen LogP contribution in [0, 0.1) is 5.92 Å². The first-order chi connectivity index (χ1) is 11.7. The van der Waals surface area contributed by atoms with Crippen LogP contribution < -0.4 is 20.1 Å². The number of hydrogen-bond acceptors (Lipinski definition) is 5. The van der Waals surface area contributed by atoms with Gasteiger partial charge in [0.05, 0.1) is 14.2 Å². The monoisotopic (exact) mass is 352 g/mol. The zero-order chi connectivity index (χ0) is 19.0. The van der Waals surface area contributed by atoms with Crippen molar-refractivity contribution in [2.45, 2.75) is 52.8 Å². The van der Waals surface area contributed by atoms with E-state index in [2.05, 4.69) is 24.5 Å². The van der Waals surface area contributed by atoms with Crippen LogP contribution in [0.3, 0.4) is 0 Å². The van der Waals surface area contributed by atoms with Gasteiger partial charge >= 0.3 is 6.09 Å². The summed E-state index contributed by atoms with van der Waals surface area (Å²) in [6, 6.07) is 5.65. The highest BCUT2D eigenvalue weighted by atomic mass is 16.6. The van der Waals surface area contributed by atoms with Gasteiger partial charge in [0, 0.05) is 24.7 Å². The zero-order valence-corrected chi connectivity index (χ0v) is 16.4. The van der Waals surface area contributed by atoms with E-state index in [1.807, 2.05) is 39.0 Å². The molecular formula is C19H32N2O4. The number of carbonyl (C=O) groups excluding carboxylic acids is 1. The van der Waals surface area contributed by atoms with Gasteiger partial charge in [-0.1, -0.05) is 13.8 Å². The van der Waals surface area contributed by atoms with Gasteiger partial charge in [-0.15, -0.1) is 0 Å². The van der Waals surface area contributed by atoms with Gasteiger partial charge in [-0.2, -0.15) is 0 Å². The van der Waals surface area contributed by atoms with Gasteiger partial charge in [0.15, 0.2) is 0 Å². The quantitative estimate of drug-likeness (QED) is 0.751. The van der Waals surface area contributed by atoms with E-state index in [9.17, 15) is 4.79 Å². The standard InChI is InChI=1S/C19H32N2O4/c1-13(2)16(21-18(22)25-19(3,4)5)12-20-11-14-10-15(23-6)8-9-17(14)24-7/h8-10,13,16,20H,11-12H2,1-7H3,(H,21,22). The third kappa shape index (κ3) is 7.65. The Morgan fingerprint density at radius 1 is 1.16 bits per heavy atom. The number of alkyl carbamates (subject to hydrolysis) is 1. The van der Waals surface area contributed by atoms with Crippen molar-refractivity contribution in [2.75, 3.05) is 20.8 Å². The Kier molecular flexibility index (Phi) is 8.03. The summed E-state index contributed by atoms with van der Waals surface area (Å²) in [5, 5.41) is 6.30. The fourth-order valence-electron chi connectivity index (χ4n) is 2.29. The molecule has 1 rings (SSSR count). The largest absolute Gasteiger partial charge is 0.497 e. The predicted octanol–water partition coefficient (Wildman–Crippen LogP) is 3.34. The number of amides is 1. The van der Waals surface area contributed by atoms with Crippen LogP contribution in [-0.2, 0) is 11.3 Å². The van der Waals surface area contributed by atoms with E-state index in [4.69, 9.17) is 14.2 Å². The number of rotatable bonds is 8. The van der Waals surface area contributed by atoms with Crippen molar-refractivity contribution in [3.8, 4) is 11.5 Å². The maximum absolute atomic E-state index is 12.0. The first-order valence-electron chi connectivity index (χ1n) is 8.57. The Balaban J connectivity index is 2.63. The van der Waals surface area contributed by atoms with E-state index in [1.165, 1.54) is 0 Å². The summed E-state index contributed by atoms with van der Waals surface area (Å²) >= 11 is 0. The van der Waals surface area contributed by atoms with Gasteiger partial charge in [-0.3, -0.25) is 0 Å². The van der Waals surface area contributed by atoms with Crippen molar-refractivity contribution in [2.24, 2.45) is 5.92 Å². The van der Waals surface area contributed by atoms with Gasteiger partial charge in [0.2, 0.25) is 0 Å². The van der Waals surface area contributed by atoms with Crippen molar-refractivity contribution < 1.29 is 19.0 Å². The number of ether oxygens (including phenoxy) is 3. The number of methoxy groups -OCH3 is 2. The van der Waals surface area contributed by atoms with Gasteiger partial charge in [-0.25, -0.2) is 4.79 Å². The molecule has 0 bridgehead atoms. The fourth-order valence-corrected chi connectivity index (χ4v) is 2.29. The highest BCUT2D eigenvalue weighted by Crippen LogP contribution is 2.23. The number of benzene rings is 1. The Morgan fingerprint density at radius 3 is 2.36 bits per heavy atom. The summed E-state index contributed by atoms with van der Waals surface area (Å²) in [7, 11) is 3.28. The molecule has 1 atom stereocenters. The summed E-state index contributed by atoms with van der Waals surface area (Å²) in [5.41, 5.74) is 0.495. The van der Waals surface area contributed by atoms with Crippen molar-refractivity contribution in [1.29, 1.82) is 0 Å². The highest BCUT2D eigenvalue weighted by molar-refractivity contribution is 5.68. The van der Waals surface area contributed by atoms with Crippen molar-refractivity contribution in [1.82, 2.24) is 10.6 Å². The second kappa shape index (κ2) is 9.51. The minimum atomic E-state index is -0.507. The minimum absolute atomic E-state index is 0.0357. The number of nitrogens with one attached hydrogen (secondary N) is 2. The van der Waals surface area contributed by atoms with Crippen LogP contribution in [0.5, 0.6) is 11.5 Å². The van der Waals surface area contributed by atoms with Crippen molar-refractivity contribution in [3.05, 3.63) is 23.8 Å². The van der Waals surface area contributed by atoms with Gasteiger partial charge in [0.25, 0.3) is 0 Å². The van der Waals surface area contributed by atoms with Crippen LogP contribution in [0.1, 0.15) is 40.2 Å². The number of hydrogen-bond donors (Lipinski definition) is 2. The third-order valence-corrected chi connectivity index (χ3v) is 3.67. The maximum Gasteiger partial charge on any atom is 0.407 e. The molecule has 6 heteroatoms. The SMILES string of the molecule is COc1ccc(OC)c(CNCC(NC(=O)OC(C)(C)C)C(C)C)c1. The molecule has 0 aliphatic rings. The topological polar surface area (TPSA) is 68.8 Å². The minimum Gasteiger partial charge on any atom is -0.497 e. The van der Waals surface area contributed by atoms with Crippen LogP contribution in [0.2, 0.25) is 0 Å². The second-order valence-electron chi connectivity index (χ2n) is 7.31. The van der Waals surface area contributed by atoms with E-state index in [1.54, 1.807) is 14.2 Å². The fraction of sp³-hybridized carbons (Fsp3) is 0.632. The van der Waals surface area contributed by atoms with E-state index in [0.717, 1.165) is 17.1 Å². The lowest BCUT2D eigenvalue weighted by atomic mass is 10.0. The summed E-state index contributed by atoms with van der Waals surface area (Å²) < 4.78 is 16.0. The third-order valence-electron chi connectivity index (χ3n) is 3.67. The van der Waals surface area contributed by atoms with E-state index < -0.39 is 11.7 Å². The van der Waals surface area contributed by atoms with E-state index in [-0.39, 0.29) is 12.0 Å². The summed E-state index contributed by atoms with van der Waals surface area (Å²) in [6.45, 7) is 10.9. The van der Waals surface area contributed by atoms with Gasteiger partial charge in [-0.05, 0) is 44.9 Å². The van der Waals surface area contributed by atoms with Crippen molar-refractivity contribution in [3.63, 3.8) is 0 Å². The summed E-state index contributed by atoms with van der Waals surface area (Å²) in [6.07, 6.45) is -0.396. The van der Waals surface area contributed by atoms with Crippen LogP contribution in [0.15, 0.2) is 18.2 Å². The van der Waals surface area contributed by atoms with Gasteiger partial charge < -0.3 is 24.8 Å².